The Morgan fingerprint density at radius 3 is 2.82 bits per heavy atom. The molecule has 2 rings (SSSR count). The molecule has 58 valence electrons. The molecule has 0 radical (unpaired) electrons. The summed E-state index contributed by atoms with van der Waals surface area (Å²) in [6.45, 7) is 0. The minimum atomic E-state index is -0.0888. The number of para-hydroxylation sites is 1. The van der Waals surface area contributed by atoms with E-state index in [4.69, 9.17) is 23.4 Å². The van der Waals surface area contributed by atoms with Crippen LogP contribution in [0.25, 0.3) is 0 Å². The SMILES string of the molecule is ClC1Cc2ccccc2N1Cl. The van der Waals surface area contributed by atoms with Gasteiger partial charge in [-0.3, -0.25) is 4.42 Å². The molecule has 0 aliphatic carbocycles. The van der Waals surface area contributed by atoms with E-state index in [-0.39, 0.29) is 5.50 Å². The van der Waals surface area contributed by atoms with E-state index in [2.05, 4.69) is 0 Å². The Bertz CT molecular complexity index is 275. The molecule has 1 unspecified atom stereocenters. The molecular formula is C8H7Cl2N. The summed E-state index contributed by atoms with van der Waals surface area (Å²) in [5.41, 5.74) is 2.17. The van der Waals surface area contributed by atoms with Gasteiger partial charge in [0, 0.05) is 18.2 Å². The Morgan fingerprint density at radius 1 is 1.36 bits per heavy atom. The fraction of sp³-hybridized carbons (Fsp3) is 0.250. The molecule has 0 fully saturated rings. The Balaban J connectivity index is 2.47. The van der Waals surface area contributed by atoms with Crippen LogP contribution < -0.4 is 4.42 Å². The van der Waals surface area contributed by atoms with E-state index in [0.29, 0.717) is 0 Å². The van der Waals surface area contributed by atoms with Crippen molar-refractivity contribution in [3.8, 4) is 0 Å². The van der Waals surface area contributed by atoms with Crippen molar-refractivity contribution in [2.75, 3.05) is 4.42 Å². The van der Waals surface area contributed by atoms with Gasteiger partial charge in [-0.05, 0) is 11.6 Å². The molecular weight excluding hydrogens is 181 g/mol. The van der Waals surface area contributed by atoms with Crippen molar-refractivity contribution in [1.29, 1.82) is 0 Å². The highest BCUT2D eigenvalue weighted by Crippen LogP contribution is 2.34. The summed E-state index contributed by atoms with van der Waals surface area (Å²) < 4.78 is 1.58. The lowest BCUT2D eigenvalue weighted by Crippen LogP contribution is -2.14. The van der Waals surface area contributed by atoms with Gasteiger partial charge in [0.25, 0.3) is 0 Å². The van der Waals surface area contributed by atoms with Gasteiger partial charge in [0.15, 0.2) is 0 Å². The Hall–Kier alpha value is -0.400. The summed E-state index contributed by atoms with van der Waals surface area (Å²) in [5, 5.41) is 0. The van der Waals surface area contributed by atoms with Crippen molar-refractivity contribution in [1.82, 2.24) is 0 Å². The summed E-state index contributed by atoms with van der Waals surface area (Å²) in [7, 11) is 0. The second-order valence-corrected chi connectivity index (χ2v) is 3.45. The second-order valence-electron chi connectivity index (χ2n) is 2.58. The van der Waals surface area contributed by atoms with Crippen LogP contribution in [-0.4, -0.2) is 5.50 Å². The molecule has 1 aromatic rings. The zero-order chi connectivity index (χ0) is 7.84. The average Bonchev–Trinajstić information content (AvgIpc) is 2.30. The largest absolute Gasteiger partial charge is 0.267 e. The van der Waals surface area contributed by atoms with E-state index < -0.39 is 0 Å². The molecule has 1 aliphatic heterocycles. The van der Waals surface area contributed by atoms with Gasteiger partial charge in [0.1, 0.15) is 5.50 Å². The van der Waals surface area contributed by atoms with Gasteiger partial charge in [-0.1, -0.05) is 29.8 Å². The molecule has 0 saturated carbocycles. The van der Waals surface area contributed by atoms with E-state index in [9.17, 15) is 0 Å². The molecule has 11 heavy (non-hydrogen) atoms. The lowest BCUT2D eigenvalue weighted by Gasteiger charge is -2.11. The van der Waals surface area contributed by atoms with Crippen LogP contribution in [0, 0.1) is 0 Å². The number of anilines is 1. The normalized spacial score (nSPS) is 22.0. The van der Waals surface area contributed by atoms with E-state index in [1.165, 1.54) is 5.56 Å². The first-order chi connectivity index (χ1) is 5.29. The zero-order valence-electron chi connectivity index (χ0n) is 5.80. The third-order valence-electron chi connectivity index (χ3n) is 1.86. The maximum atomic E-state index is 5.92. The van der Waals surface area contributed by atoms with Gasteiger partial charge in [-0.2, -0.15) is 0 Å². The molecule has 3 heteroatoms. The van der Waals surface area contributed by atoms with Crippen molar-refractivity contribution in [3.63, 3.8) is 0 Å². The molecule has 0 saturated heterocycles. The van der Waals surface area contributed by atoms with Crippen molar-refractivity contribution in [2.24, 2.45) is 0 Å². The van der Waals surface area contributed by atoms with Gasteiger partial charge in [-0.25, -0.2) is 0 Å². The summed E-state index contributed by atoms with van der Waals surface area (Å²) in [6, 6.07) is 7.99. The third kappa shape index (κ3) is 1.09. The molecule has 0 amide bonds. The van der Waals surface area contributed by atoms with Crippen LogP contribution in [0.15, 0.2) is 24.3 Å². The monoisotopic (exact) mass is 187 g/mol. The fourth-order valence-electron chi connectivity index (χ4n) is 1.30. The van der Waals surface area contributed by atoms with Gasteiger partial charge < -0.3 is 0 Å². The van der Waals surface area contributed by atoms with E-state index >= 15 is 0 Å². The predicted molar refractivity (Wildman–Crippen MR) is 48.1 cm³/mol. The van der Waals surface area contributed by atoms with E-state index in [1.54, 1.807) is 4.42 Å². The van der Waals surface area contributed by atoms with Crippen molar-refractivity contribution >= 4 is 29.1 Å². The number of hydrogen-bond acceptors (Lipinski definition) is 1. The number of fused-ring (bicyclic) bond motifs is 1. The molecule has 0 bridgehead atoms. The highest BCUT2D eigenvalue weighted by molar-refractivity contribution is 6.34. The first-order valence-corrected chi connectivity index (χ1v) is 4.23. The van der Waals surface area contributed by atoms with Crippen LogP contribution in [0.1, 0.15) is 5.56 Å². The van der Waals surface area contributed by atoms with Crippen molar-refractivity contribution < 1.29 is 0 Å². The van der Waals surface area contributed by atoms with Crippen LogP contribution in [0.3, 0.4) is 0 Å². The van der Waals surface area contributed by atoms with Crippen LogP contribution in [-0.2, 0) is 6.42 Å². The number of rotatable bonds is 0. The van der Waals surface area contributed by atoms with Crippen molar-refractivity contribution in [2.45, 2.75) is 11.9 Å². The van der Waals surface area contributed by atoms with Gasteiger partial charge in [-0.15, -0.1) is 0 Å². The molecule has 1 atom stereocenters. The Morgan fingerprint density at radius 2 is 2.09 bits per heavy atom. The summed E-state index contributed by atoms with van der Waals surface area (Å²) in [6.07, 6.45) is 0.835. The van der Waals surface area contributed by atoms with Gasteiger partial charge in [0.05, 0.1) is 5.69 Å². The molecule has 0 spiro atoms. The number of alkyl halides is 1. The molecule has 1 heterocycles. The van der Waals surface area contributed by atoms with E-state index in [0.717, 1.165) is 12.1 Å². The first-order valence-electron chi connectivity index (χ1n) is 3.46. The minimum Gasteiger partial charge on any atom is -0.267 e. The van der Waals surface area contributed by atoms with Crippen molar-refractivity contribution in [3.05, 3.63) is 29.8 Å². The predicted octanol–water partition coefficient (Wildman–Crippen LogP) is 2.77. The van der Waals surface area contributed by atoms with E-state index in [1.807, 2.05) is 24.3 Å². The highest BCUT2D eigenvalue weighted by atomic mass is 35.5. The average molecular weight is 188 g/mol. The molecule has 1 aliphatic rings. The number of benzene rings is 1. The summed E-state index contributed by atoms with van der Waals surface area (Å²) in [5.74, 6) is 0. The molecule has 0 N–H and O–H groups in total. The van der Waals surface area contributed by atoms with Gasteiger partial charge >= 0.3 is 0 Å². The molecule has 0 aromatic heterocycles. The lowest BCUT2D eigenvalue weighted by molar-refractivity contribution is 0.960. The lowest BCUT2D eigenvalue weighted by atomic mass is 10.2. The highest BCUT2D eigenvalue weighted by Gasteiger charge is 2.25. The smallest absolute Gasteiger partial charge is 0.123 e. The summed E-state index contributed by atoms with van der Waals surface area (Å²) in [4.78, 5) is 0. The van der Waals surface area contributed by atoms with Gasteiger partial charge in [0.2, 0.25) is 0 Å². The van der Waals surface area contributed by atoms with Crippen LogP contribution in [0.5, 0.6) is 0 Å². The first kappa shape index (κ1) is 7.26. The number of nitrogens with zero attached hydrogens (tertiary/aromatic N) is 1. The third-order valence-corrected chi connectivity index (χ3v) is 2.72. The molecule has 1 nitrogen and oxygen atoms in total. The topological polar surface area (TPSA) is 3.24 Å². The number of hydrogen-bond donors (Lipinski definition) is 0. The molecule has 1 aromatic carbocycles. The minimum absolute atomic E-state index is 0.0888. The quantitative estimate of drug-likeness (QED) is 0.343. The summed E-state index contributed by atoms with van der Waals surface area (Å²) >= 11 is 11.8. The van der Waals surface area contributed by atoms with Crippen LogP contribution in [0.4, 0.5) is 5.69 Å². The fourth-order valence-corrected chi connectivity index (χ4v) is 1.81. The maximum absolute atomic E-state index is 5.92. The zero-order valence-corrected chi connectivity index (χ0v) is 7.31. The van der Waals surface area contributed by atoms with Crippen LogP contribution >= 0.6 is 23.4 Å². The number of halogens is 2. The second kappa shape index (κ2) is 2.58. The Kier molecular flexibility index (Phi) is 1.70. The standard InChI is InChI=1S/C8H7Cl2N/c9-8-5-6-3-1-2-4-7(6)11(8)10/h1-4,8H,5H2. The maximum Gasteiger partial charge on any atom is 0.123 e. The van der Waals surface area contributed by atoms with Crippen LogP contribution in [0.2, 0.25) is 0 Å². The Labute approximate surface area is 75.6 Å².